The van der Waals surface area contributed by atoms with Crippen molar-refractivity contribution in [2.75, 3.05) is 20.1 Å². The predicted octanol–water partition coefficient (Wildman–Crippen LogP) is 1.08. The molecular weight excluding hydrogens is 148 g/mol. The summed E-state index contributed by atoms with van der Waals surface area (Å²) >= 11 is 0. The molecule has 0 bridgehead atoms. The fraction of sp³-hybridized carbons (Fsp3) is 1.00. The quantitative estimate of drug-likeness (QED) is 0.663. The summed E-state index contributed by atoms with van der Waals surface area (Å²) in [5.74, 6) is 1.06. The van der Waals surface area contributed by atoms with Gasteiger partial charge in [-0.05, 0) is 26.3 Å². The number of piperazine rings is 1. The molecule has 2 rings (SSSR count). The van der Waals surface area contributed by atoms with Crippen molar-refractivity contribution in [1.29, 1.82) is 0 Å². The smallest absolute Gasteiger partial charge is 0.0223 e. The number of rotatable bonds is 2. The molecule has 1 saturated heterocycles. The summed E-state index contributed by atoms with van der Waals surface area (Å²) < 4.78 is 0. The van der Waals surface area contributed by atoms with E-state index >= 15 is 0 Å². The Kier molecular flexibility index (Phi) is 2.37. The zero-order valence-corrected chi connectivity index (χ0v) is 8.21. The van der Waals surface area contributed by atoms with Crippen LogP contribution in [0.25, 0.3) is 0 Å². The maximum absolute atomic E-state index is 3.51. The van der Waals surface area contributed by atoms with Crippen LogP contribution in [0.4, 0.5) is 0 Å². The molecule has 1 aliphatic heterocycles. The number of likely N-dealkylation sites (N-methyl/N-ethyl adjacent to an activating group) is 1. The van der Waals surface area contributed by atoms with Crippen LogP contribution in [0.5, 0.6) is 0 Å². The van der Waals surface area contributed by atoms with Crippen molar-refractivity contribution in [2.24, 2.45) is 5.92 Å². The lowest BCUT2D eigenvalue weighted by Gasteiger charge is -2.38. The molecule has 0 aromatic carbocycles. The molecule has 0 aromatic heterocycles. The minimum atomic E-state index is 0.725. The van der Waals surface area contributed by atoms with Crippen molar-refractivity contribution >= 4 is 0 Å². The van der Waals surface area contributed by atoms with Crippen LogP contribution in [0, 0.1) is 5.92 Å². The molecule has 70 valence electrons. The van der Waals surface area contributed by atoms with Gasteiger partial charge in [-0.3, -0.25) is 4.90 Å². The van der Waals surface area contributed by atoms with Gasteiger partial charge < -0.3 is 5.32 Å². The third kappa shape index (κ3) is 1.80. The Labute approximate surface area is 75.3 Å². The highest BCUT2D eigenvalue weighted by Gasteiger charge is 2.30. The summed E-state index contributed by atoms with van der Waals surface area (Å²) in [5, 5.41) is 3.51. The lowest BCUT2D eigenvalue weighted by molar-refractivity contribution is 0.129. The molecule has 0 radical (unpaired) electrons. The van der Waals surface area contributed by atoms with E-state index in [9.17, 15) is 0 Å². The Bertz CT molecular complexity index is 154. The SMILES string of the molecule is CC1CNCC(CC2CC2)N1C. The lowest BCUT2D eigenvalue weighted by Crippen LogP contribution is -2.54. The fourth-order valence-corrected chi connectivity index (χ4v) is 2.09. The van der Waals surface area contributed by atoms with Crippen LogP contribution in [-0.2, 0) is 0 Å². The maximum atomic E-state index is 3.51. The van der Waals surface area contributed by atoms with Gasteiger partial charge in [0.25, 0.3) is 0 Å². The Morgan fingerprint density at radius 3 is 2.75 bits per heavy atom. The van der Waals surface area contributed by atoms with Crippen LogP contribution in [0.15, 0.2) is 0 Å². The highest BCUT2D eigenvalue weighted by molar-refractivity contribution is 4.87. The standard InChI is InChI=1S/C10H20N2/c1-8-6-11-7-10(12(8)2)5-9-3-4-9/h8-11H,3-7H2,1-2H3. The maximum Gasteiger partial charge on any atom is 0.0223 e. The van der Waals surface area contributed by atoms with E-state index in [0.29, 0.717) is 0 Å². The van der Waals surface area contributed by atoms with E-state index in [0.717, 1.165) is 24.5 Å². The first-order chi connectivity index (χ1) is 5.77. The van der Waals surface area contributed by atoms with Crippen molar-refractivity contribution in [1.82, 2.24) is 10.2 Å². The molecule has 2 nitrogen and oxygen atoms in total. The Morgan fingerprint density at radius 1 is 1.33 bits per heavy atom. The molecule has 1 heterocycles. The zero-order chi connectivity index (χ0) is 8.55. The molecule has 1 aliphatic carbocycles. The second-order valence-corrected chi connectivity index (χ2v) is 4.51. The van der Waals surface area contributed by atoms with E-state index < -0.39 is 0 Å². The first-order valence-electron chi connectivity index (χ1n) is 5.20. The van der Waals surface area contributed by atoms with Gasteiger partial charge in [-0.1, -0.05) is 12.8 Å². The summed E-state index contributed by atoms with van der Waals surface area (Å²) in [6, 6.07) is 1.53. The van der Waals surface area contributed by atoms with Gasteiger partial charge in [-0.15, -0.1) is 0 Å². The highest BCUT2D eigenvalue weighted by atomic mass is 15.2. The molecule has 12 heavy (non-hydrogen) atoms. The van der Waals surface area contributed by atoms with Gasteiger partial charge in [0.2, 0.25) is 0 Å². The second kappa shape index (κ2) is 3.35. The van der Waals surface area contributed by atoms with E-state index in [1.165, 1.54) is 25.8 Å². The van der Waals surface area contributed by atoms with Crippen LogP contribution < -0.4 is 5.32 Å². The minimum absolute atomic E-state index is 0.725. The summed E-state index contributed by atoms with van der Waals surface area (Å²) in [4.78, 5) is 2.55. The largest absolute Gasteiger partial charge is 0.314 e. The number of hydrogen-bond donors (Lipinski definition) is 1. The van der Waals surface area contributed by atoms with Crippen LogP contribution in [0.1, 0.15) is 26.2 Å². The van der Waals surface area contributed by atoms with Crippen LogP contribution in [0.2, 0.25) is 0 Å². The Morgan fingerprint density at radius 2 is 2.08 bits per heavy atom. The Balaban J connectivity index is 1.84. The van der Waals surface area contributed by atoms with E-state index in [1.54, 1.807) is 0 Å². The third-order valence-corrected chi connectivity index (χ3v) is 3.39. The fourth-order valence-electron chi connectivity index (χ4n) is 2.09. The van der Waals surface area contributed by atoms with Crippen molar-refractivity contribution in [3.63, 3.8) is 0 Å². The molecule has 0 amide bonds. The van der Waals surface area contributed by atoms with E-state index in [2.05, 4.69) is 24.2 Å². The second-order valence-electron chi connectivity index (χ2n) is 4.51. The molecule has 2 unspecified atom stereocenters. The van der Waals surface area contributed by atoms with Gasteiger partial charge in [-0.25, -0.2) is 0 Å². The van der Waals surface area contributed by atoms with E-state index in [1.807, 2.05) is 0 Å². The average Bonchev–Trinajstić information content (AvgIpc) is 2.83. The predicted molar refractivity (Wildman–Crippen MR) is 51.2 cm³/mol. The van der Waals surface area contributed by atoms with E-state index in [4.69, 9.17) is 0 Å². The molecule has 0 aromatic rings. The number of nitrogens with one attached hydrogen (secondary N) is 1. The van der Waals surface area contributed by atoms with Crippen molar-refractivity contribution in [3.8, 4) is 0 Å². The Hall–Kier alpha value is -0.0800. The third-order valence-electron chi connectivity index (χ3n) is 3.39. The molecule has 0 spiro atoms. The molecule has 2 heteroatoms. The van der Waals surface area contributed by atoms with Crippen molar-refractivity contribution in [2.45, 2.75) is 38.3 Å². The van der Waals surface area contributed by atoms with Gasteiger partial charge in [0.05, 0.1) is 0 Å². The van der Waals surface area contributed by atoms with Gasteiger partial charge in [0.1, 0.15) is 0 Å². The van der Waals surface area contributed by atoms with Crippen LogP contribution in [0.3, 0.4) is 0 Å². The number of hydrogen-bond acceptors (Lipinski definition) is 2. The molecule has 2 atom stereocenters. The summed E-state index contributed by atoms with van der Waals surface area (Å²) in [6.45, 7) is 4.68. The van der Waals surface area contributed by atoms with E-state index in [-0.39, 0.29) is 0 Å². The first-order valence-corrected chi connectivity index (χ1v) is 5.20. The average molecular weight is 168 g/mol. The topological polar surface area (TPSA) is 15.3 Å². The van der Waals surface area contributed by atoms with Gasteiger partial charge in [0.15, 0.2) is 0 Å². The monoisotopic (exact) mass is 168 g/mol. The zero-order valence-electron chi connectivity index (χ0n) is 8.21. The highest BCUT2D eigenvalue weighted by Crippen LogP contribution is 2.34. The summed E-state index contributed by atoms with van der Waals surface area (Å²) in [6.07, 6.45) is 4.39. The van der Waals surface area contributed by atoms with Crippen LogP contribution in [-0.4, -0.2) is 37.1 Å². The lowest BCUT2D eigenvalue weighted by atomic mass is 10.0. The number of nitrogens with zero attached hydrogens (tertiary/aromatic N) is 1. The van der Waals surface area contributed by atoms with Crippen molar-refractivity contribution < 1.29 is 0 Å². The summed E-state index contributed by atoms with van der Waals surface area (Å²) in [7, 11) is 2.28. The molecule has 2 aliphatic rings. The molecule has 1 saturated carbocycles. The molecule has 1 N–H and O–H groups in total. The van der Waals surface area contributed by atoms with Gasteiger partial charge in [-0.2, -0.15) is 0 Å². The van der Waals surface area contributed by atoms with Gasteiger partial charge in [0, 0.05) is 25.2 Å². The van der Waals surface area contributed by atoms with Crippen LogP contribution >= 0.6 is 0 Å². The van der Waals surface area contributed by atoms with Gasteiger partial charge >= 0.3 is 0 Å². The molecule has 2 fully saturated rings. The minimum Gasteiger partial charge on any atom is -0.314 e. The molecular formula is C10H20N2. The van der Waals surface area contributed by atoms with Crippen molar-refractivity contribution in [3.05, 3.63) is 0 Å². The summed E-state index contributed by atoms with van der Waals surface area (Å²) in [5.41, 5.74) is 0. The normalized spacial score (nSPS) is 38.5. The first kappa shape index (κ1) is 8.52.